The number of nitrogens with zero attached hydrogens (tertiary/aromatic N) is 1. The Kier molecular flexibility index (Phi) is 3.41. The summed E-state index contributed by atoms with van der Waals surface area (Å²) in [5.74, 6) is -0.165. The SMILES string of the molecule is CCC[C@]1(C)C(=O)NCCN1C(=O)c1ccc[nH]1. The van der Waals surface area contributed by atoms with Gasteiger partial charge in [0.2, 0.25) is 5.91 Å². The molecular weight excluding hydrogens is 230 g/mol. The van der Waals surface area contributed by atoms with Gasteiger partial charge in [-0.3, -0.25) is 9.59 Å². The second-order valence-electron chi connectivity index (χ2n) is 4.82. The third-order valence-electron chi connectivity index (χ3n) is 3.52. The maximum atomic E-state index is 12.4. The molecule has 1 aliphatic rings. The van der Waals surface area contributed by atoms with Gasteiger partial charge in [0.1, 0.15) is 11.2 Å². The zero-order valence-electron chi connectivity index (χ0n) is 10.8. The third-order valence-corrected chi connectivity index (χ3v) is 3.52. The molecule has 1 fully saturated rings. The van der Waals surface area contributed by atoms with Gasteiger partial charge in [-0.15, -0.1) is 0 Å². The van der Waals surface area contributed by atoms with Crippen molar-refractivity contribution in [3.63, 3.8) is 0 Å². The number of aromatic amines is 1. The van der Waals surface area contributed by atoms with Gasteiger partial charge < -0.3 is 15.2 Å². The highest BCUT2D eigenvalue weighted by atomic mass is 16.2. The van der Waals surface area contributed by atoms with E-state index in [0.29, 0.717) is 25.2 Å². The van der Waals surface area contributed by atoms with Gasteiger partial charge in [0.15, 0.2) is 0 Å². The van der Waals surface area contributed by atoms with E-state index in [-0.39, 0.29) is 11.8 Å². The van der Waals surface area contributed by atoms with Crippen LogP contribution in [0.4, 0.5) is 0 Å². The van der Waals surface area contributed by atoms with Gasteiger partial charge >= 0.3 is 0 Å². The van der Waals surface area contributed by atoms with Gasteiger partial charge in [-0.2, -0.15) is 0 Å². The molecule has 0 aliphatic carbocycles. The third kappa shape index (κ3) is 2.00. The smallest absolute Gasteiger partial charge is 0.271 e. The number of piperazine rings is 1. The number of hydrogen-bond donors (Lipinski definition) is 2. The second-order valence-corrected chi connectivity index (χ2v) is 4.82. The van der Waals surface area contributed by atoms with Gasteiger partial charge in [-0.25, -0.2) is 0 Å². The fourth-order valence-corrected chi connectivity index (χ4v) is 2.51. The van der Waals surface area contributed by atoms with Crippen molar-refractivity contribution < 1.29 is 9.59 Å². The maximum Gasteiger partial charge on any atom is 0.271 e. The van der Waals surface area contributed by atoms with E-state index in [1.165, 1.54) is 0 Å². The minimum atomic E-state index is -0.741. The first-order chi connectivity index (χ1) is 8.59. The van der Waals surface area contributed by atoms with E-state index in [9.17, 15) is 9.59 Å². The van der Waals surface area contributed by atoms with E-state index in [4.69, 9.17) is 0 Å². The normalized spacial score (nSPS) is 23.9. The highest BCUT2D eigenvalue weighted by molar-refractivity contribution is 5.98. The van der Waals surface area contributed by atoms with Crippen LogP contribution in [0.25, 0.3) is 0 Å². The summed E-state index contributed by atoms with van der Waals surface area (Å²) in [7, 11) is 0. The van der Waals surface area contributed by atoms with Crippen LogP contribution in [0.5, 0.6) is 0 Å². The summed E-state index contributed by atoms with van der Waals surface area (Å²) in [5, 5.41) is 2.84. The predicted octanol–water partition coefficient (Wildman–Crippen LogP) is 1.15. The maximum absolute atomic E-state index is 12.4. The Morgan fingerprint density at radius 3 is 2.94 bits per heavy atom. The molecule has 2 rings (SSSR count). The summed E-state index contributed by atoms with van der Waals surface area (Å²) in [6, 6.07) is 3.52. The van der Waals surface area contributed by atoms with Crippen LogP contribution in [0.15, 0.2) is 18.3 Å². The van der Waals surface area contributed by atoms with Crippen molar-refractivity contribution in [2.45, 2.75) is 32.2 Å². The van der Waals surface area contributed by atoms with Crippen LogP contribution in [0, 0.1) is 0 Å². The van der Waals surface area contributed by atoms with E-state index < -0.39 is 5.54 Å². The van der Waals surface area contributed by atoms with Crippen molar-refractivity contribution in [1.82, 2.24) is 15.2 Å². The lowest BCUT2D eigenvalue weighted by Crippen LogP contribution is -2.64. The van der Waals surface area contributed by atoms with E-state index >= 15 is 0 Å². The minimum absolute atomic E-state index is 0.0597. The Hall–Kier alpha value is -1.78. The Bertz CT molecular complexity index is 441. The second kappa shape index (κ2) is 4.84. The molecule has 1 aromatic heterocycles. The van der Waals surface area contributed by atoms with Gasteiger partial charge in [0.05, 0.1) is 0 Å². The van der Waals surface area contributed by atoms with Crippen LogP contribution in [-0.4, -0.2) is 40.3 Å². The van der Waals surface area contributed by atoms with Gasteiger partial charge in [0, 0.05) is 19.3 Å². The standard InChI is InChI=1S/C13H19N3O2/c1-3-6-13(2)12(18)15-8-9-16(13)11(17)10-5-4-7-14-10/h4-5,7,14H,3,6,8-9H2,1-2H3,(H,15,18)/t13-/m1/s1. The quantitative estimate of drug-likeness (QED) is 0.843. The van der Waals surface area contributed by atoms with Gasteiger partial charge in [-0.1, -0.05) is 13.3 Å². The Labute approximate surface area is 107 Å². The lowest BCUT2D eigenvalue weighted by Gasteiger charge is -2.43. The number of rotatable bonds is 3. The number of H-pyrrole nitrogens is 1. The topological polar surface area (TPSA) is 65.2 Å². The molecule has 5 heteroatoms. The Morgan fingerprint density at radius 2 is 2.33 bits per heavy atom. The number of amides is 2. The van der Waals surface area contributed by atoms with Crippen LogP contribution in [0.1, 0.15) is 37.2 Å². The van der Waals surface area contributed by atoms with Crippen LogP contribution >= 0.6 is 0 Å². The molecule has 2 amide bonds. The lowest BCUT2D eigenvalue weighted by atomic mass is 9.90. The fraction of sp³-hybridized carbons (Fsp3) is 0.538. The van der Waals surface area contributed by atoms with Crippen molar-refractivity contribution >= 4 is 11.8 Å². The van der Waals surface area contributed by atoms with Crippen molar-refractivity contribution in [3.05, 3.63) is 24.0 Å². The first-order valence-corrected chi connectivity index (χ1v) is 6.33. The van der Waals surface area contributed by atoms with Crippen LogP contribution in [0.2, 0.25) is 0 Å². The lowest BCUT2D eigenvalue weighted by molar-refractivity contribution is -0.134. The number of hydrogen-bond acceptors (Lipinski definition) is 2. The van der Waals surface area contributed by atoms with Crippen LogP contribution in [-0.2, 0) is 4.79 Å². The zero-order valence-corrected chi connectivity index (χ0v) is 10.8. The molecule has 0 radical (unpaired) electrons. The molecule has 0 saturated carbocycles. The van der Waals surface area contributed by atoms with Gasteiger partial charge in [-0.05, 0) is 25.5 Å². The molecule has 2 N–H and O–H groups in total. The summed E-state index contributed by atoms with van der Waals surface area (Å²) < 4.78 is 0. The molecule has 0 bridgehead atoms. The van der Waals surface area contributed by atoms with E-state index in [1.807, 2.05) is 13.8 Å². The average molecular weight is 249 g/mol. The van der Waals surface area contributed by atoms with Crippen molar-refractivity contribution in [3.8, 4) is 0 Å². The van der Waals surface area contributed by atoms with Crippen LogP contribution < -0.4 is 5.32 Å². The summed E-state index contributed by atoms with van der Waals surface area (Å²) >= 11 is 0. The van der Waals surface area contributed by atoms with E-state index in [2.05, 4.69) is 10.3 Å². The van der Waals surface area contributed by atoms with Gasteiger partial charge in [0.25, 0.3) is 5.91 Å². The Morgan fingerprint density at radius 1 is 1.56 bits per heavy atom. The molecule has 0 unspecified atom stereocenters. The number of nitrogens with one attached hydrogen (secondary N) is 2. The molecule has 18 heavy (non-hydrogen) atoms. The number of carbonyl (C=O) groups excluding carboxylic acids is 2. The molecular formula is C13H19N3O2. The summed E-state index contributed by atoms with van der Waals surface area (Å²) in [4.78, 5) is 29.1. The number of aromatic nitrogens is 1. The molecule has 1 aromatic rings. The molecule has 1 aliphatic heterocycles. The van der Waals surface area contributed by atoms with Crippen LogP contribution in [0.3, 0.4) is 0 Å². The predicted molar refractivity (Wildman–Crippen MR) is 68.2 cm³/mol. The molecule has 1 atom stereocenters. The summed E-state index contributed by atoms with van der Waals surface area (Å²) in [6.45, 7) is 4.93. The highest BCUT2D eigenvalue weighted by Gasteiger charge is 2.44. The fourth-order valence-electron chi connectivity index (χ4n) is 2.51. The monoisotopic (exact) mass is 249 g/mol. The highest BCUT2D eigenvalue weighted by Crippen LogP contribution is 2.25. The molecule has 5 nitrogen and oxygen atoms in total. The zero-order chi connectivity index (χ0) is 13.2. The summed E-state index contributed by atoms with van der Waals surface area (Å²) in [6.07, 6.45) is 3.25. The average Bonchev–Trinajstić information content (AvgIpc) is 2.86. The molecule has 98 valence electrons. The Balaban J connectivity index is 2.29. The van der Waals surface area contributed by atoms with Crippen molar-refractivity contribution in [2.24, 2.45) is 0 Å². The first-order valence-electron chi connectivity index (χ1n) is 6.33. The summed E-state index contributed by atoms with van der Waals surface area (Å²) in [5.41, 5.74) is -0.207. The van der Waals surface area contributed by atoms with Crippen molar-refractivity contribution in [2.75, 3.05) is 13.1 Å². The van der Waals surface area contributed by atoms with Crippen molar-refractivity contribution in [1.29, 1.82) is 0 Å². The van der Waals surface area contributed by atoms with E-state index in [1.54, 1.807) is 23.2 Å². The molecule has 0 aromatic carbocycles. The van der Waals surface area contributed by atoms with E-state index in [0.717, 1.165) is 6.42 Å². The number of carbonyl (C=O) groups is 2. The minimum Gasteiger partial charge on any atom is -0.357 e. The molecule has 0 spiro atoms. The molecule has 1 saturated heterocycles. The largest absolute Gasteiger partial charge is 0.357 e. The molecule has 2 heterocycles. The first kappa shape index (κ1) is 12.7.